The molecule has 0 radical (unpaired) electrons. The fourth-order valence-electron chi connectivity index (χ4n) is 4.24. The van der Waals surface area contributed by atoms with Gasteiger partial charge in [-0.3, -0.25) is 4.79 Å². The van der Waals surface area contributed by atoms with Crippen molar-refractivity contribution < 1.29 is 14.6 Å². The molecular formula is C27H34N4O4. The summed E-state index contributed by atoms with van der Waals surface area (Å²) >= 11 is 0. The first-order valence-electron chi connectivity index (χ1n) is 11.9. The Bertz CT molecular complexity index is 1240. The Morgan fingerprint density at radius 2 is 1.89 bits per heavy atom. The molecule has 4 rings (SSSR count). The van der Waals surface area contributed by atoms with Crippen LogP contribution in [0.2, 0.25) is 0 Å². The Kier molecular flexibility index (Phi) is 7.14. The van der Waals surface area contributed by atoms with Crippen LogP contribution in [0.5, 0.6) is 5.75 Å². The maximum absolute atomic E-state index is 13.8. The van der Waals surface area contributed by atoms with Gasteiger partial charge in [0, 0.05) is 43.5 Å². The molecule has 0 atom stereocenters. The lowest BCUT2D eigenvalue weighted by atomic mass is 9.95. The average molecular weight is 479 g/mol. The van der Waals surface area contributed by atoms with E-state index < -0.39 is 5.60 Å². The molecule has 3 aromatic rings. The molecule has 2 heterocycles. The SMILES string of the molecule is CCN(C)c1cc(-c2cccc(OC)c2)nn(-c2cc(N3CCOCC3)ccc2C(C)(C)O)c1=O. The number of benzene rings is 2. The van der Waals surface area contributed by atoms with Crippen molar-refractivity contribution in [2.24, 2.45) is 0 Å². The van der Waals surface area contributed by atoms with Gasteiger partial charge in [-0.05, 0) is 51.1 Å². The van der Waals surface area contributed by atoms with Crippen LogP contribution in [-0.4, -0.2) is 61.9 Å². The van der Waals surface area contributed by atoms with Crippen molar-refractivity contribution in [1.82, 2.24) is 9.78 Å². The van der Waals surface area contributed by atoms with Gasteiger partial charge in [-0.2, -0.15) is 9.78 Å². The van der Waals surface area contributed by atoms with Gasteiger partial charge in [0.05, 0.1) is 37.3 Å². The zero-order valence-electron chi connectivity index (χ0n) is 21.1. The first kappa shape index (κ1) is 24.8. The first-order chi connectivity index (χ1) is 16.7. The van der Waals surface area contributed by atoms with E-state index in [0.29, 0.717) is 48.1 Å². The molecule has 0 unspecified atom stereocenters. The van der Waals surface area contributed by atoms with Gasteiger partial charge in [-0.15, -0.1) is 0 Å². The number of methoxy groups -OCH3 is 1. The lowest BCUT2D eigenvalue weighted by Gasteiger charge is -2.31. The van der Waals surface area contributed by atoms with Gasteiger partial charge < -0.3 is 24.4 Å². The molecule has 2 aromatic carbocycles. The Morgan fingerprint density at radius 3 is 2.54 bits per heavy atom. The number of aromatic nitrogens is 2. The van der Waals surface area contributed by atoms with Gasteiger partial charge in [0.1, 0.15) is 11.4 Å². The smallest absolute Gasteiger partial charge is 0.295 e. The minimum absolute atomic E-state index is 0.245. The molecule has 1 aliphatic heterocycles. The van der Waals surface area contributed by atoms with Crippen LogP contribution in [0.4, 0.5) is 11.4 Å². The predicted molar refractivity (Wildman–Crippen MR) is 139 cm³/mol. The number of ether oxygens (including phenoxy) is 2. The van der Waals surface area contributed by atoms with Crippen molar-refractivity contribution in [2.45, 2.75) is 26.4 Å². The van der Waals surface area contributed by atoms with Crippen LogP contribution in [0.1, 0.15) is 26.3 Å². The molecule has 0 bridgehead atoms. The maximum atomic E-state index is 13.8. The zero-order chi connectivity index (χ0) is 25.2. The number of hydrogen-bond donors (Lipinski definition) is 1. The summed E-state index contributed by atoms with van der Waals surface area (Å²) in [6.07, 6.45) is 0. The van der Waals surface area contributed by atoms with Gasteiger partial charge >= 0.3 is 0 Å². The number of aliphatic hydroxyl groups is 1. The standard InChI is InChI=1S/C27H34N4O4/c1-6-29(4)25-18-23(19-8-7-9-21(16-19)34-5)28-31(26(25)32)24-17-20(30-12-14-35-15-13-30)10-11-22(24)27(2,3)33/h7-11,16-18,33H,6,12-15H2,1-5H3. The van der Waals surface area contributed by atoms with Gasteiger partial charge in [0.15, 0.2) is 0 Å². The van der Waals surface area contributed by atoms with Crippen molar-refractivity contribution >= 4 is 11.4 Å². The van der Waals surface area contributed by atoms with Crippen LogP contribution in [0.15, 0.2) is 53.3 Å². The van der Waals surface area contributed by atoms with Gasteiger partial charge in [-0.25, -0.2) is 0 Å². The third kappa shape index (κ3) is 5.18. The second kappa shape index (κ2) is 10.1. The quantitative estimate of drug-likeness (QED) is 0.557. The van der Waals surface area contributed by atoms with Gasteiger partial charge in [0.25, 0.3) is 5.56 Å². The Labute approximate surface area is 206 Å². The molecule has 1 fully saturated rings. The minimum atomic E-state index is -1.18. The maximum Gasteiger partial charge on any atom is 0.295 e. The molecule has 1 aliphatic rings. The number of rotatable bonds is 7. The van der Waals surface area contributed by atoms with E-state index in [-0.39, 0.29) is 5.56 Å². The molecular weight excluding hydrogens is 444 g/mol. The summed E-state index contributed by atoms with van der Waals surface area (Å²) in [5.74, 6) is 0.707. The molecule has 1 N–H and O–H groups in total. The van der Waals surface area contributed by atoms with Crippen molar-refractivity contribution in [2.75, 3.05) is 56.8 Å². The highest BCUT2D eigenvalue weighted by Gasteiger charge is 2.25. The summed E-state index contributed by atoms with van der Waals surface area (Å²) in [5, 5.41) is 15.8. The molecule has 35 heavy (non-hydrogen) atoms. The van der Waals surface area contributed by atoms with Crippen LogP contribution in [0.3, 0.4) is 0 Å². The number of anilines is 2. The molecule has 1 saturated heterocycles. The summed E-state index contributed by atoms with van der Waals surface area (Å²) in [5.41, 5.74) is 2.71. The number of morpholine rings is 1. The Morgan fingerprint density at radius 1 is 1.14 bits per heavy atom. The van der Waals surface area contributed by atoms with Crippen molar-refractivity contribution in [1.29, 1.82) is 0 Å². The summed E-state index contributed by atoms with van der Waals surface area (Å²) in [6.45, 7) is 8.91. The number of nitrogens with zero attached hydrogens (tertiary/aromatic N) is 4. The highest BCUT2D eigenvalue weighted by atomic mass is 16.5. The van der Waals surface area contributed by atoms with Crippen molar-refractivity contribution in [3.63, 3.8) is 0 Å². The molecule has 186 valence electrons. The monoisotopic (exact) mass is 478 g/mol. The number of hydrogen-bond acceptors (Lipinski definition) is 7. The molecule has 8 heteroatoms. The summed E-state index contributed by atoms with van der Waals surface area (Å²) in [7, 11) is 3.51. The van der Waals surface area contributed by atoms with E-state index in [9.17, 15) is 9.90 Å². The lowest BCUT2D eigenvalue weighted by Crippen LogP contribution is -2.37. The largest absolute Gasteiger partial charge is 0.497 e. The fraction of sp³-hybridized carbons (Fsp3) is 0.407. The highest BCUT2D eigenvalue weighted by molar-refractivity contribution is 5.66. The van der Waals surface area contributed by atoms with Crippen LogP contribution in [0.25, 0.3) is 16.9 Å². The summed E-state index contributed by atoms with van der Waals surface area (Å²) in [6, 6.07) is 15.2. The fourth-order valence-corrected chi connectivity index (χ4v) is 4.24. The van der Waals surface area contributed by atoms with Crippen molar-refractivity contribution in [3.8, 4) is 22.7 Å². The predicted octanol–water partition coefficient (Wildman–Crippen LogP) is 3.43. The van der Waals surface area contributed by atoms with Crippen LogP contribution in [0, 0.1) is 0 Å². The Balaban J connectivity index is 1.97. The Hall–Kier alpha value is -3.36. The van der Waals surface area contributed by atoms with Crippen LogP contribution < -0.4 is 20.1 Å². The minimum Gasteiger partial charge on any atom is -0.497 e. The molecule has 8 nitrogen and oxygen atoms in total. The van der Waals surface area contributed by atoms with E-state index in [1.807, 2.05) is 67.4 Å². The zero-order valence-corrected chi connectivity index (χ0v) is 21.1. The average Bonchev–Trinajstić information content (AvgIpc) is 2.88. The second-order valence-electron chi connectivity index (χ2n) is 9.24. The van der Waals surface area contributed by atoms with Crippen LogP contribution >= 0.6 is 0 Å². The van der Waals surface area contributed by atoms with Gasteiger partial charge in [-0.1, -0.05) is 18.2 Å². The van der Waals surface area contributed by atoms with E-state index >= 15 is 0 Å². The van der Waals surface area contributed by atoms with Crippen LogP contribution in [-0.2, 0) is 10.3 Å². The van der Waals surface area contributed by atoms with E-state index in [2.05, 4.69) is 4.90 Å². The normalized spacial score (nSPS) is 14.2. The lowest BCUT2D eigenvalue weighted by molar-refractivity contribution is 0.0783. The first-order valence-corrected chi connectivity index (χ1v) is 11.9. The molecule has 0 spiro atoms. The third-order valence-electron chi connectivity index (χ3n) is 6.39. The third-order valence-corrected chi connectivity index (χ3v) is 6.39. The highest BCUT2D eigenvalue weighted by Crippen LogP contribution is 2.31. The molecule has 0 saturated carbocycles. The van der Waals surface area contributed by atoms with E-state index in [4.69, 9.17) is 14.6 Å². The van der Waals surface area contributed by atoms with E-state index in [1.165, 1.54) is 4.68 Å². The second-order valence-corrected chi connectivity index (χ2v) is 9.24. The molecule has 0 aliphatic carbocycles. The summed E-state index contributed by atoms with van der Waals surface area (Å²) in [4.78, 5) is 17.9. The van der Waals surface area contributed by atoms with E-state index in [1.54, 1.807) is 21.0 Å². The topological polar surface area (TPSA) is 80.1 Å². The van der Waals surface area contributed by atoms with Gasteiger partial charge in [0.2, 0.25) is 0 Å². The van der Waals surface area contributed by atoms with Crippen molar-refractivity contribution in [3.05, 3.63) is 64.4 Å². The van der Waals surface area contributed by atoms with E-state index in [0.717, 1.165) is 24.3 Å². The summed E-state index contributed by atoms with van der Waals surface area (Å²) < 4.78 is 12.3. The molecule has 1 aromatic heterocycles. The molecule has 0 amide bonds.